The first kappa shape index (κ1) is 20.4. The zero-order chi connectivity index (χ0) is 20.6. The normalized spacial score (nSPS) is 11.4. The predicted molar refractivity (Wildman–Crippen MR) is 114 cm³/mol. The quantitative estimate of drug-likeness (QED) is 0.587. The number of carbonyl (C=O) groups is 2. The van der Waals surface area contributed by atoms with Crippen LogP contribution >= 0.6 is 11.6 Å². The van der Waals surface area contributed by atoms with E-state index < -0.39 is 6.04 Å². The standard InChI is InChI=1S/C23H21ClN2O3/c1-29-18-13-11-17(12-14-18)25-22(27)15-21(16-7-3-2-4-8-16)26-23(28)19-9-5-6-10-20(19)24/h2-14,21H,15H2,1H3,(H,25,27)(H,26,28)/t21-/m1/s1. The van der Waals surface area contributed by atoms with Gasteiger partial charge in [0.1, 0.15) is 5.75 Å². The van der Waals surface area contributed by atoms with E-state index in [1.54, 1.807) is 55.6 Å². The topological polar surface area (TPSA) is 67.4 Å². The fourth-order valence-corrected chi connectivity index (χ4v) is 3.11. The Bertz CT molecular complexity index is 975. The molecule has 5 nitrogen and oxygen atoms in total. The van der Waals surface area contributed by atoms with Crippen LogP contribution in [0, 0.1) is 0 Å². The second-order valence-electron chi connectivity index (χ2n) is 6.40. The second-order valence-corrected chi connectivity index (χ2v) is 6.80. The third kappa shape index (κ3) is 5.59. The molecule has 0 aliphatic rings. The van der Waals surface area contributed by atoms with Crippen molar-refractivity contribution in [1.82, 2.24) is 5.32 Å². The molecule has 3 rings (SSSR count). The Morgan fingerprint density at radius 1 is 0.931 bits per heavy atom. The first-order valence-electron chi connectivity index (χ1n) is 9.11. The highest BCUT2D eigenvalue weighted by Crippen LogP contribution is 2.21. The highest BCUT2D eigenvalue weighted by atomic mass is 35.5. The van der Waals surface area contributed by atoms with Crippen LogP contribution in [0.3, 0.4) is 0 Å². The summed E-state index contributed by atoms with van der Waals surface area (Å²) in [4.78, 5) is 25.3. The number of hydrogen-bond acceptors (Lipinski definition) is 3. The zero-order valence-electron chi connectivity index (χ0n) is 15.9. The van der Waals surface area contributed by atoms with E-state index in [2.05, 4.69) is 10.6 Å². The van der Waals surface area contributed by atoms with Gasteiger partial charge in [-0.1, -0.05) is 54.1 Å². The first-order valence-corrected chi connectivity index (χ1v) is 9.49. The lowest BCUT2D eigenvalue weighted by Crippen LogP contribution is -2.31. The molecule has 0 bridgehead atoms. The average molecular weight is 409 g/mol. The summed E-state index contributed by atoms with van der Waals surface area (Å²) in [5, 5.41) is 6.13. The van der Waals surface area contributed by atoms with Crippen LogP contribution in [0.1, 0.15) is 28.4 Å². The third-order valence-electron chi connectivity index (χ3n) is 4.39. The van der Waals surface area contributed by atoms with Gasteiger partial charge in [-0.3, -0.25) is 9.59 Å². The van der Waals surface area contributed by atoms with Crippen molar-refractivity contribution in [2.75, 3.05) is 12.4 Å². The van der Waals surface area contributed by atoms with E-state index in [1.165, 1.54) is 0 Å². The fourth-order valence-electron chi connectivity index (χ4n) is 2.89. The van der Waals surface area contributed by atoms with Gasteiger partial charge in [0.05, 0.1) is 30.2 Å². The summed E-state index contributed by atoms with van der Waals surface area (Å²) in [6.45, 7) is 0. The summed E-state index contributed by atoms with van der Waals surface area (Å²) in [5.74, 6) is 0.155. The first-order chi connectivity index (χ1) is 14.1. The maximum atomic E-state index is 12.7. The molecule has 0 radical (unpaired) electrons. The zero-order valence-corrected chi connectivity index (χ0v) is 16.6. The van der Waals surface area contributed by atoms with Crippen molar-refractivity contribution < 1.29 is 14.3 Å². The van der Waals surface area contributed by atoms with Crippen LogP contribution in [0.4, 0.5) is 5.69 Å². The molecule has 1 atom stereocenters. The molecule has 0 heterocycles. The predicted octanol–water partition coefficient (Wildman–Crippen LogP) is 4.85. The number of nitrogens with one attached hydrogen (secondary N) is 2. The molecular formula is C23H21ClN2O3. The van der Waals surface area contributed by atoms with Gasteiger partial charge in [-0.2, -0.15) is 0 Å². The minimum Gasteiger partial charge on any atom is -0.497 e. The van der Waals surface area contributed by atoms with Gasteiger partial charge in [0.25, 0.3) is 5.91 Å². The number of amides is 2. The molecule has 2 amide bonds. The molecule has 6 heteroatoms. The summed E-state index contributed by atoms with van der Waals surface area (Å²) < 4.78 is 5.12. The van der Waals surface area contributed by atoms with Gasteiger partial charge in [-0.25, -0.2) is 0 Å². The van der Waals surface area contributed by atoms with E-state index in [9.17, 15) is 9.59 Å². The molecule has 0 unspecified atom stereocenters. The fraction of sp³-hybridized carbons (Fsp3) is 0.130. The lowest BCUT2D eigenvalue weighted by Gasteiger charge is -2.19. The van der Waals surface area contributed by atoms with Gasteiger partial charge in [-0.05, 0) is 42.0 Å². The maximum absolute atomic E-state index is 12.7. The largest absolute Gasteiger partial charge is 0.497 e. The van der Waals surface area contributed by atoms with Gasteiger partial charge >= 0.3 is 0 Å². The lowest BCUT2D eigenvalue weighted by molar-refractivity contribution is -0.116. The lowest BCUT2D eigenvalue weighted by atomic mass is 10.0. The Hall–Kier alpha value is -3.31. The minimum atomic E-state index is -0.502. The molecular weight excluding hydrogens is 388 g/mol. The van der Waals surface area contributed by atoms with Crippen LogP contribution in [0.5, 0.6) is 5.75 Å². The number of carbonyl (C=O) groups excluding carboxylic acids is 2. The average Bonchev–Trinajstić information content (AvgIpc) is 2.74. The molecule has 0 spiro atoms. The molecule has 0 aromatic heterocycles. The highest BCUT2D eigenvalue weighted by Gasteiger charge is 2.20. The Morgan fingerprint density at radius 3 is 2.24 bits per heavy atom. The maximum Gasteiger partial charge on any atom is 0.253 e. The summed E-state index contributed by atoms with van der Waals surface area (Å²) in [6.07, 6.45) is 0.0756. The van der Waals surface area contributed by atoms with Crippen molar-refractivity contribution >= 4 is 29.1 Å². The molecule has 0 fully saturated rings. The third-order valence-corrected chi connectivity index (χ3v) is 4.72. The molecule has 29 heavy (non-hydrogen) atoms. The van der Waals surface area contributed by atoms with Crippen LogP contribution in [-0.4, -0.2) is 18.9 Å². The van der Waals surface area contributed by atoms with Gasteiger partial charge < -0.3 is 15.4 Å². The van der Waals surface area contributed by atoms with Crippen molar-refractivity contribution in [3.05, 3.63) is 95.0 Å². The number of anilines is 1. The van der Waals surface area contributed by atoms with Gasteiger partial charge in [-0.15, -0.1) is 0 Å². The minimum absolute atomic E-state index is 0.0756. The van der Waals surface area contributed by atoms with Crippen molar-refractivity contribution in [2.45, 2.75) is 12.5 Å². The number of ether oxygens (including phenoxy) is 1. The van der Waals surface area contributed by atoms with Crippen LogP contribution < -0.4 is 15.4 Å². The number of halogens is 1. The molecule has 3 aromatic rings. The Morgan fingerprint density at radius 2 is 1.59 bits per heavy atom. The van der Waals surface area contributed by atoms with Crippen LogP contribution in [0.25, 0.3) is 0 Å². The van der Waals surface area contributed by atoms with Gasteiger partial charge in [0.2, 0.25) is 5.91 Å². The van der Waals surface area contributed by atoms with Crippen molar-refractivity contribution in [2.24, 2.45) is 0 Å². The SMILES string of the molecule is COc1ccc(NC(=O)C[C@@H](NC(=O)c2ccccc2Cl)c2ccccc2)cc1. The van der Waals surface area contributed by atoms with Crippen molar-refractivity contribution in [3.63, 3.8) is 0 Å². The van der Waals surface area contributed by atoms with Gasteiger partial charge in [0.15, 0.2) is 0 Å². The molecule has 148 valence electrons. The van der Waals surface area contributed by atoms with Crippen LogP contribution in [0.15, 0.2) is 78.9 Å². The molecule has 0 aliphatic heterocycles. The molecule has 3 aromatic carbocycles. The smallest absolute Gasteiger partial charge is 0.253 e. The van der Waals surface area contributed by atoms with E-state index in [0.717, 1.165) is 5.56 Å². The monoisotopic (exact) mass is 408 g/mol. The van der Waals surface area contributed by atoms with E-state index in [4.69, 9.17) is 16.3 Å². The number of hydrogen-bond donors (Lipinski definition) is 2. The van der Waals surface area contributed by atoms with Crippen LogP contribution in [-0.2, 0) is 4.79 Å². The Kier molecular flexibility index (Phi) is 6.87. The Labute approximate surface area is 174 Å². The summed E-state index contributed by atoms with van der Waals surface area (Å²) in [5.41, 5.74) is 1.85. The molecule has 0 aliphatic carbocycles. The van der Waals surface area contributed by atoms with Crippen molar-refractivity contribution in [1.29, 1.82) is 0 Å². The molecule has 0 saturated heterocycles. The van der Waals surface area contributed by atoms with Crippen molar-refractivity contribution in [3.8, 4) is 5.75 Å². The summed E-state index contributed by atoms with van der Waals surface area (Å²) in [6, 6.07) is 22.7. The summed E-state index contributed by atoms with van der Waals surface area (Å²) in [7, 11) is 1.58. The molecule has 2 N–H and O–H groups in total. The number of methoxy groups -OCH3 is 1. The molecule has 0 saturated carbocycles. The van der Waals surface area contributed by atoms with E-state index >= 15 is 0 Å². The van der Waals surface area contributed by atoms with Crippen LogP contribution in [0.2, 0.25) is 5.02 Å². The van der Waals surface area contributed by atoms with E-state index in [0.29, 0.717) is 22.0 Å². The van der Waals surface area contributed by atoms with E-state index in [1.807, 2.05) is 30.3 Å². The summed E-state index contributed by atoms with van der Waals surface area (Å²) >= 11 is 6.14. The number of rotatable bonds is 7. The number of benzene rings is 3. The van der Waals surface area contributed by atoms with Gasteiger partial charge in [0, 0.05) is 5.69 Å². The van der Waals surface area contributed by atoms with E-state index in [-0.39, 0.29) is 18.2 Å². The highest BCUT2D eigenvalue weighted by molar-refractivity contribution is 6.33. The second kappa shape index (κ2) is 9.75. The Balaban J connectivity index is 1.74.